The summed E-state index contributed by atoms with van der Waals surface area (Å²) in [6, 6.07) is 10.4. The molecule has 1 aliphatic rings. The van der Waals surface area contributed by atoms with Crippen LogP contribution in [0.15, 0.2) is 42.7 Å². The third kappa shape index (κ3) is 6.07. The first-order valence-corrected chi connectivity index (χ1v) is 14.3. The second kappa shape index (κ2) is 12.6. The van der Waals surface area contributed by atoms with Crippen LogP contribution in [0.25, 0.3) is 11.0 Å². The van der Waals surface area contributed by atoms with E-state index in [4.69, 9.17) is 4.98 Å². The number of carbonyl (C=O) groups excluding carboxylic acids is 1. The van der Waals surface area contributed by atoms with Gasteiger partial charge in [0.1, 0.15) is 11.3 Å². The maximum absolute atomic E-state index is 12.5. The van der Waals surface area contributed by atoms with Crippen LogP contribution in [0, 0.1) is 25.2 Å². The summed E-state index contributed by atoms with van der Waals surface area (Å²) in [5, 5.41) is 21.0. The molecule has 0 spiro atoms. The van der Waals surface area contributed by atoms with Crippen LogP contribution in [0.4, 0.5) is 0 Å². The van der Waals surface area contributed by atoms with Crippen molar-refractivity contribution in [2.45, 2.75) is 85.1 Å². The molecule has 1 saturated carbocycles. The van der Waals surface area contributed by atoms with Crippen LogP contribution in [-0.2, 0) is 24.8 Å². The van der Waals surface area contributed by atoms with Crippen molar-refractivity contribution in [3.05, 3.63) is 76.4 Å². The van der Waals surface area contributed by atoms with E-state index in [1.807, 2.05) is 32.3 Å². The Kier molecular flexibility index (Phi) is 9.59. The number of rotatable bonds is 8. The van der Waals surface area contributed by atoms with Crippen molar-refractivity contribution in [3.63, 3.8) is 0 Å². The smallest absolute Gasteiger partial charge is 0.550 e. The Bertz CT molecular complexity index is 1480. The normalized spacial score (nSPS) is 15.5. The maximum atomic E-state index is 12.5. The van der Waals surface area contributed by atoms with Crippen molar-refractivity contribution in [2.75, 3.05) is 0 Å². The number of carboxylic acid groups (broad SMARTS) is 1. The molecule has 1 aliphatic carbocycles. The van der Waals surface area contributed by atoms with Gasteiger partial charge in [-0.25, -0.2) is 9.67 Å². The fraction of sp³-hybridized carbons (Fsp3) is 0.500. The van der Waals surface area contributed by atoms with Crippen molar-refractivity contribution in [1.29, 1.82) is 0 Å². The van der Waals surface area contributed by atoms with Gasteiger partial charge in [0.25, 0.3) is 0 Å². The van der Waals surface area contributed by atoms with E-state index in [0.29, 0.717) is 12.5 Å². The quantitative estimate of drug-likeness (QED) is 0.249. The minimum atomic E-state index is -1.15. The van der Waals surface area contributed by atoms with Gasteiger partial charge < -0.3 is 14.5 Å². The molecule has 2 aromatic carbocycles. The molecule has 0 unspecified atom stereocenters. The van der Waals surface area contributed by atoms with Gasteiger partial charge in [-0.3, -0.25) is 0 Å². The molecular weight excluding hydrogens is 509 g/mol. The summed E-state index contributed by atoms with van der Waals surface area (Å²) in [6.07, 6.45) is 12.9. The van der Waals surface area contributed by atoms with E-state index in [9.17, 15) is 9.90 Å². The number of carbonyl (C=O) groups is 1. The van der Waals surface area contributed by atoms with Gasteiger partial charge in [0.05, 0.1) is 5.52 Å². The molecule has 2 aromatic heterocycles. The Morgan fingerprint density at radius 2 is 1.82 bits per heavy atom. The number of carboxylic acids is 1. The number of aromatic nitrogens is 5. The fourth-order valence-electron chi connectivity index (χ4n) is 6.39. The molecular formula is C32H40N5NaO2. The van der Waals surface area contributed by atoms with Gasteiger partial charge in [-0.05, 0) is 53.6 Å². The van der Waals surface area contributed by atoms with E-state index in [2.05, 4.69) is 46.2 Å². The van der Waals surface area contributed by atoms with Crippen LogP contribution in [0.3, 0.4) is 0 Å². The van der Waals surface area contributed by atoms with Gasteiger partial charge >= 0.3 is 29.6 Å². The second-order valence-electron chi connectivity index (χ2n) is 12.0. The zero-order valence-electron chi connectivity index (χ0n) is 24.9. The van der Waals surface area contributed by atoms with Crippen LogP contribution in [-0.4, -0.2) is 30.5 Å². The summed E-state index contributed by atoms with van der Waals surface area (Å²) in [7, 11) is 1.86. The SMILES string of the molecule is Cc1ccc([C@H](c2ccc3c(nnn3C)c2C)C(C)(C)C(=O)[O-])cc1Cn1ccnc1CC1CCCCCC1.[Na+]. The minimum Gasteiger partial charge on any atom is -0.550 e. The molecule has 2 heterocycles. The fourth-order valence-corrected chi connectivity index (χ4v) is 6.39. The number of hydrogen-bond acceptors (Lipinski definition) is 5. The third-order valence-corrected chi connectivity index (χ3v) is 8.93. The van der Waals surface area contributed by atoms with E-state index in [0.717, 1.165) is 40.0 Å². The van der Waals surface area contributed by atoms with Gasteiger partial charge in [-0.2, -0.15) is 0 Å². The number of nitrogens with zero attached hydrogens (tertiary/aromatic N) is 5. The first kappa shape index (κ1) is 30.5. The summed E-state index contributed by atoms with van der Waals surface area (Å²) in [5.41, 5.74) is 5.76. The van der Waals surface area contributed by atoms with Crippen molar-refractivity contribution in [3.8, 4) is 0 Å². The standard InChI is InChI=1S/C32H41N5O2.Na/c1-21-12-13-24(19-25(21)20-37-17-16-33-28(37)18-23-10-8-6-7-9-11-23)29(32(3,4)31(38)39)26-14-15-27-30(22(26)2)34-35-36(27)5;/h12-17,19,23,29H,6-11,18,20H2,1-5H3,(H,38,39);/q;+1/p-1/t29-;/m1./s1. The van der Waals surface area contributed by atoms with Crippen LogP contribution in [0.2, 0.25) is 0 Å². The summed E-state index contributed by atoms with van der Waals surface area (Å²) >= 11 is 0. The van der Waals surface area contributed by atoms with E-state index in [1.165, 1.54) is 49.7 Å². The topological polar surface area (TPSA) is 88.7 Å². The molecule has 0 amide bonds. The molecule has 0 aliphatic heterocycles. The summed E-state index contributed by atoms with van der Waals surface area (Å²) in [4.78, 5) is 17.2. The number of fused-ring (bicyclic) bond motifs is 1. The van der Waals surface area contributed by atoms with Crippen molar-refractivity contribution in [1.82, 2.24) is 24.5 Å². The zero-order chi connectivity index (χ0) is 27.7. The van der Waals surface area contributed by atoms with Gasteiger partial charge in [0, 0.05) is 49.7 Å². The van der Waals surface area contributed by atoms with Crippen molar-refractivity contribution >= 4 is 17.0 Å². The number of imidazole rings is 1. The second-order valence-corrected chi connectivity index (χ2v) is 12.0. The molecule has 8 heteroatoms. The van der Waals surface area contributed by atoms with Gasteiger partial charge in [-0.15, -0.1) is 5.10 Å². The molecule has 1 atom stereocenters. The largest absolute Gasteiger partial charge is 1.00 e. The van der Waals surface area contributed by atoms with Crippen LogP contribution < -0.4 is 34.7 Å². The van der Waals surface area contributed by atoms with E-state index in [1.54, 1.807) is 18.5 Å². The predicted molar refractivity (Wildman–Crippen MR) is 151 cm³/mol. The van der Waals surface area contributed by atoms with E-state index in [-0.39, 0.29) is 29.6 Å². The monoisotopic (exact) mass is 549 g/mol. The Balaban J connectivity index is 0.00000370. The molecule has 0 N–H and O–H groups in total. The molecule has 5 rings (SSSR count). The Labute approximate surface area is 259 Å². The van der Waals surface area contributed by atoms with Crippen LogP contribution in [0.5, 0.6) is 0 Å². The third-order valence-electron chi connectivity index (χ3n) is 8.93. The van der Waals surface area contributed by atoms with Gasteiger partial charge in [0.2, 0.25) is 0 Å². The summed E-state index contributed by atoms with van der Waals surface area (Å²) in [6.45, 7) is 8.35. The summed E-state index contributed by atoms with van der Waals surface area (Å²) in [5.74, 6) is 0.352. The molecule has 7 nitrogen and oxygen atoms in total. The van der Waals surface area contributed by atoms with E-state index >= 15 is 0 Å². The molecule has 4 aromatic rings. The van der Waals surface area contributed by atoms with Crippen LogP contribution >= 0.6 is 0 Å². The van der Waals surface area contributed by atoms with Crippen molar-refractivity contribution in [2.24, 2.45) is 18.4 Å². The van der Waals surface area contributed by atoms with Gasteiger partial charge in [0.15, 0.2) is 0 Å². The number of aliphatic carboxylic acids is 1. The molecule has 0 bridgehead atoms. The van der Waals surface area contributed by atoms with Gasteiger partial charge in [-0.1, -0.05) is 81.9 Å². The molecule has 40 heavy (non-hydrogen) atoms. The Morgan fingerprint density at radius 3 is 2.52 bits per heavy atom. The van der Waals surface area contributed by atoms with E-state index < -0.39 is 17.3 Å². The average molecular weight is 550 g/mol. The number of hydrogen-bond donors (Lipinski definition) is 0. The molecule has 1 fully saturated rings. The van der Waals surface area contributed by atoms with Crippen LogP contribution in [0.1, 0.15) is 91.9 Å². The Hall–Kier alpha value is -2.48. The molecule has 0 radical (unpaired) electrons. The molecule has 0 saturated heterocycles. The minimum absolute atomic E-state index is 0. The average Bonchev–Trinajstić information content (AvgIpc) is 3.40. The number of aryl methyl sites for hydroxylation is 3. The predicted octanol–water partition coefficient (Wildman–Crippen LogP) is 2.25. The number of benzene rings is 2. The first-order valence-electron chi connectivity index (χ1n) is 14.3. The summed E-state index contributed by atoms with van der Waals surface area (Å²) < 4.78 is 4.01. The first-order chi connectivity index (χ1) is 18.7. The zero-order valence-corrected chi connectivity index (χ0v) is 26.9. The molecule has 206 valence electrons. The van der Waals surface area contributed by atoms with Crippen molar-refractivity contribution < 1.29 is 39.5 Å². The Morgan fingerprint density at radius 1 is 1.10 bits per heavy atom. The maximum Gasteiger partial charge on any atom is 1.00 e.